The molecule has 0 spiro atoms. The maximum Gasteiger partial charge on any atom is 0.119 e. The summed E-state index contributed by atoms with van der Waals surface area (Å²) >= 11 is 9.42. The molecular formula is C15H12BrClN2O. The highest BCUT2D eigenvalue weighted by Gasteiger charge is 2.01. The van der Waals surface area contributed by atoms with E-state index in [0.29, 0.717) is 23.7 Å². The Morgan fingerprint density at radius 1 is 1.20 bits per heavy atom. The molecule has 0 bridgehead atoms. The molecule has 0 saturated heterocycles. The zero-order valence-electron chi connectivity index (χ0n) is 10.6. The van der Waals surface area contributed by atoms with E-state index in [1.807, 2.05) is 24.3 Å². The molecular weight excluding hydrogens is 340 g/mol. The molecule has 0 radical (unpaired) electrons. The summed E-state index contributed by atoms with van der Waals surface area (Å²) in [6, 6.07) is 14.8. The zero-order valence-corrected chi connectivity index (χ0v) is 12.9. The van der Waals surface area contributed by atoms with Crippen LogP contribution in [0, 0.1) is 11.3 Å². The predicted octanol–water partition coefficient (Wildman–Crippen LogP) is 4.47. The Hall–Kier alpha value is -1.70. The molecule has 5 heteroatoms. The second-order valence-corrected chi connectivity index (χ2v) is 5.36. The van der Waals surface area contributed by atoms with E-state index >= 15 is 0 Å². The van der Waals surface area contributed by atoms with E-state index < -0.39 is 0 Å². The van der Waals surface area contributed by atoms with Gasteiger partial charge < -0.3 is 10.1 Å². The molecule has 0 unspecified atom stereocenters. The number of benzene rings is 2. The van der Waals surface area contributed by atoms with Gasteiger partial charge in [0, 0.05) is 11.0 Å². The first-order chi connectivity index (χ1) is 9.69. The van der Waals surface area contributed by atoms with Crippen LogP contribution in [0.3, 0.4) is 0 Å². The summed E-state index contributed by atoms with van der Waals surface area (Å²) in [5.74, 6) is 0.812. The van der Waals surface area contributed by atoms with Crippen LogP contribution in [0.15, 0.2) is 46.9 Å². The number of nitriles is 1. The minimum Gasteiger partial charge on any atom is -0.492 e. The van der Waals surface area contributed by atoms with Crippen LogP contribution in [-0.2, 0) is 0 Å². The number of halogens is 2. The van der Waals surface area contributed by atoms with Crippen LogP contribution < -0.4 is 10.1 Å². The average Bonchev–Trinajstić information content (AvgIpc) is 2.47. The lowest BCUT2D eigenvalue weighted by Crippen LogP contribution is -2.11. The van der Waals surface area contributed by atoms with E-state index in [2.05, 4.69) is 27.3 Å². The molecule has 102 valence electrons. The van der Waals surface area contributed by atoms with Crippen molar-refractivity contribution >= 4 is 33.2 Å². The quantitative estimate of drug-likeness (QED) is 0.809. The maximum atomic E-state index is 8.85. The van der Waals surface area contributed by atoms with Crippen LogP contribution in [0.5, 0.6) is 5.75 Å². The van der Waals surface area contributed by atoms with Gasteiger partial charge in [0.05, 0.1) is 22.3 Å². The van der Waals surface area contributed by atoms with Gasteiger partial charge in [-0.15, -0.1) is 0 Å². The van der Waals surface area contributed by atoms with Crippen LogP contribution in [0.1, 0.15) is 5.56 Å². The van der Waals surface area contributed by atoms with Crippen LogP contribution in [0.2, 0.25) is 5.02 Å². The lowest BCUT2D eigenvalue weighted by atomic mass is 10.2. The summed E-state index contributed by atoms with van der Waals surface area (Å²) in [6.45, 7) is 1.11. The number of nitrogens with one attached hydrogen (secondary N) is 1. The van der Waals surface area contributed by atoms with Gasteiger partial charge >= 0.3 is 0 Å². The zero-order chi connectivity index (χ0) is 14.4. The molecule has 1 N–H and O–H groups in total. The van der Waals surface area contributed by atoms with Crippen molar-refractivity contribution in [3.8, 4) is 11.8 Å². The molecule has 0 atom stereocenters. The largest absolute Gasteiger partial charge is 0.492 e. The molecule has 0 aliphatic rings. The molecule has 0 aliphatic heterocycles. The molecule has 0 amide bonds. The van der Waals surface area contributed by atoms with E-state index in [1.54, 1.807) is 18.2 Å². The summed E-state index contributed by atoms with van der Waals surface area (Å²) in [4.78, 5) is 0. The van der Waals surface area contributed by atoms with E-state index in [9.17, 15) is 0 Å². The van der Waals surface area contributed by atoms with Crippen molar-refractivity contribution in [3.05, 3.63) is 57.5 Å². The van der Waals surface area contributed by atoms with Gasteiger partial charge in [-0.2, -0.15) is 5.26 Å². The van der Waals surface area contributed by atoms with E-state index in [4.69, 9.17) is 21.6 Å². The molecule has 2 rings (SSSR count). The van der Waals surface area contributed by atoms with Crippen molar-refractivity contribution in [1.82, 2.24) is 0 Å². The molecule has 0 fully saturated rings. The minimum atomic E-state index is 0.509. The fourth-order valence-electron chi connectivity index (χ4n) is 1.62. The van der Waals surface area contributed by atoms with E-state index in [0.717, 1.165) is 15.9 Å². The van der Waals surface area contributed by atoms with Crippen LogP contribution in [-0.4, -0.2) is 13.2 Å². The Kier molecular flexibility index (Phi) is 5.28. The third-order valence-electron chi connectivity index (χ3n) is 2.60. The third-order valence-corrected chi connectivity index (χ3v) is 3.45. The van der Waals surface area contributed by atoms with Gasteiger partial charge in [0.15, 0.2) is 0 Å². The van der Waals surface area contributed by atoms with Crippen molar-refractivity contribution in [2.45, 2.75) is 0 Å². The van der Waals surface area contributed by atoms with Gasteiger partial charge in [0.1, 0.15) is 12.4 Å². The second-order valence-electron chi connectivity index (χ2n) is 4.04. The average molecular weight is 352 g/mol. The Labute approximate surface area is 131 Å². The third kappa shape index (κ3) is 4.16. The summed E-state index contributed by atoms with van der Waals surface area (Å²) in [5.41, 5.74) is 1.32. The Balaban J connectivity index is 1.84. The number of rotatable bonds is 5. The van der Waals surface area contributed by atoms with Gasteiger partial charge in [-0.3, -0.25) is 0 Å². The van der Waals surface area contributed by atoms with E-state index in [-0.39, 0.29) is 0 Å². The Bertz CT molecular complexity index is 623. The summed E-state index contributed by atoms with van der Waals surface area (Å²) in [6.07, 6.45) is 0. The molecule has 2 aromatic rings. The first kappa shape index (κ1) is 14.7. The van der Waals surface area contributed by atoms with Gasteiger partial charge in [-0.1, -0.05) is 27.5 Å². The summed E-state index contributed by atoms with van der Waals surface area (Å²) in [5, 5.41) is 12.6. The highest BCUT2D eigenvalue weighted by Crippen LogP contribution is 2.22. The number of ether oxygens (including phenoxy) is 1. The smallest absolute Gasteiger partial charge is 0.119 e. The lowest BCUT2D eigenvalue weighted by Gasteiger charge is -2.10. The number of anilines is 1. The molecule has 0 aliphatic carbocycles. The molecule has 0 heterocycles. The van der Waals surface area contributed by atoms with Crippen molar-refractivity contribution in [1.29, 1.82) is 5.26 Å². The van der Waals surface area contributed by atoms with Gasteiger partial charge in [-0.25, -0.2) is 0 Å². The van der Waals surface area contributed by atoms with Gasteiger partial charge in [-0.05, 0) is 42.5 Å². The van der Waals surface area contributed by atoms with Gasteiger partial charge in [0.2, 0.25) is 0 Å². The maximum absolute atomic E-state index is 8.85. The first-order valence-electron chi connectivity index (χ1n) is 6.01. The fourth-order valence-corrected chi connectivity index (χ4v) is 2.06. The number of hydrogen-bond acceptors (Lipinski definition) is 3. The van der Waals surface area contributed by atoms with E-state index in [1.165, 1.54) is 0 Å². The minimum absolute atomic E-state index is 0.509. The molecule has 2 aromatic carbocycles. The summed E-state index contributed by atoms with van der Waals surface area (Å²) < 4.78 is 6.60. The predicted molar refractivity (Wildman–Crippen MR) is 84.3 cm³/mol. The second kappa shape index (κ2) is 7.18. The molecule has 20 heavy (non-hydrogen) atoms. The Morgan fingerprint density at radius 2 is 1.95 bits per heavy atom. The molecule has 0 aromatic heterocycles. The van der Waals surface area contributed by atoms with Gasteiger partial charge in [0.25, 0.3) is 0 Å². The topological polar surface area (TPSA) is 45.0 Å². The SMILES string of the molecule is N#Cc1ccc(Cl)c(NCCOc2ccc(Br)cc2)c1. The highest BCUT2D eigenvalue weighted by atomic mass is 79.9. The van der Waals surface area contributed by atoms with Crippen molar-refractivity contribution in [2.75, 3.05) is 18.5 Å². The first-order valence-corrected chi connectivity index (χ1v) is 7.18. The van der Waals surface area contributed by atoms with Crippen LogP contribution >= 0.6 is 27.5 Å². The molecule has 0 saturated carbocycles. The van der Waals surface area contributed by atoms with Crippen molar-refractivity contribution < 1.29 is 4.74 Å². The lowest BCUT2D eigenvalue weighted by molar-refractivity contribution is 0.333. The summed E-state index contributed by atoms with van der Waals surface area (Å²) in [7, 11) is 0. The van der Waals surface area contributed by atoms with Crippen LogP contribution in [0.4, 0.5) is 5.69 Å². The molecule has 3 nitrogen and oxygen atoms in total. The number of nitrogens with zero attached hydrogens (tertiary/aromatic N) is 1. The monoisotopic (exact) mass is 350 g/mol. The van der Waals surface area contributed by atoms with Crippen molar-refractivity contribution in [2.24, 2.45) is 0 Å². The van der Waals surface area contributed by atoms with Crippen molar-refractivity contribution in [3.63, 3.8) is 0 Å². The highest BCUT2D eigenvalue weighted by molar-refractivity contribution is 9.10. The normalized spacial score (nSPS) is 9.85. The van der Waals surface area contributed by atoms with Crippen LogP contribution in [0.25, 0.3) is 0 Å². The number of hydrogen-bond donors (Lipinski definition) is 1. The fraction of sp³-hybridized carbons (Fsp3) is 0.133. The standard InChI is InChI=1S/C15H12BrClN2O/c16-12-2-4-13(5-3-12)20-8-7-19-15-9-11(10-18)1-6-14(15)17/h1-6,9,19H,7-8H2. The Morgan fingerprint density at radius 3 is 2.65 bits per heavy atom.